The highest BCUT2D eigenvalue weighted by molar-refractivity contribution is 5.96. The van der Waals surface area contributed by atoms with Gasteiger partial charge in [-0.2, -0.15) is 18.3 Å². The molecule has 0 aliphatic carbocycles. The number of nitrogens with zero attached hydrogens (tertiary/aromatic N) is 3. The van der Waals surface area contributed by atoms with Gasteiger partial charge in [-0.05, 0) is 47.9 Å². The van der Waals surface area contributed by atoms with Crippen LogP contribution in [0.1, 0.15) is 32.7 Å². The summed E-state index contributed by atoms with van der Waals surface area (Å²) in [4.78, 5) is 16.1. The van der Waals surface area contributed by atoms with Crippen LogP contribution < -0.4 is 5.32 Å². The second-order valence-corrected chi connectivity index (χ2v) is 6.47. The Morgan fingerprint density at radius 2 is 1.96 bits per heavy atom. The molecule has 0 unspecified atom stereocenters. The molecule has 144 valence electrons. The molecule has 3 aromatic rings. The Morgan fingerprint density at radius 1 is 1.14 bits per heavy atom. The molecule has 3 heterocycles. The van der Waals surface area contributed by atoms with Crippen LogP contribution in [-0.4, -0.2) is 27.2 Å². The van der Waals surface area contributed by atoms with Crippen molar-refractivity contribution in [1.29, 1.82) is 0 Å². The smallest absolute Gasteiger partial charge is 0.352 e. The maximum Gasteiger partial charge on any atom is 0.416 e. The van der Waals surface area contributed by atoms with Crippen LogP contribution in [0.5, 0.6) is 0 Å². The van der Waals surface area contributed by atoms with Crippen LogP contribution in [-0.2, 0) is 19.0 Å². The predicted molar refractivity (Wildman–Crippen MR) is 91.6 cm³/mol. The Labute approximate surface area is 157 Å². The zero-order chi connectivity index (χ0) is 19.9. The summed E-state index contributed by atoms with van der Waals surface area (Å²) in [6, 6.07) is 5.80. The third-order valence-electron chi connectivity index (χ3n) is 4.48. The highest BCUT2D eigenvalue weighted by Gasteiger charge is 2.31. The molecule has 1 aliphatic rings. The second kappa shape index (κ2) is 6.74. The highest BCUT2D eigenvalue weighted by Crippen LogP contribution is 2.31. The summed E-state index contributed by atoms with van der Waals surface area (Å²) in [5.41, 5.74) is 1.01. The number of hydrogen-bond donors (Lipinski definition) is 1. The maximum absolute atomic E-state index is 13.6. The normalized spacial score (nSPS) is 13.9. The molecule has 0 saturated heterocycles. The van der Waals surface area contributed by atoms with E-state index in [-0.39, 0.29) is 17.9 Å². The highest BCUT2D eigenvalue weighted by atomic mass is 19.4. The van der Waals surface area contributed by atoms with Crippen LogP contribution in [0.2, 0.25) is 0 Å². The SMILES string of the molecule is O=C1NCCc2c1cnn2-c1cc(Cc2cc(F)cc(C(F)(F)F)c2)ccn1. The lowest BCUT2D eigenvalue weighted by Crippen LogP contribution is -2.32. The molecule has 5 nitrogen and oxygen atoms in total. The third kappa shape index (κ3) is 3.47. The van der Waals surface area contributed by atoms with Crippen LogP contribution >= 0.6 is 0 Å². The standard InChI is InChI=1S/C19H14F4N4O/c20-14-7-12(6-13(9-14)19(21,22)23)5-11-1-3-24-17(8-11)27-16-2-4-25-18(28)15(16)10-26-27/h1,3,6-10H,2,4-5H2,(H,25,28). The molecule has 0 bridgehead atoms. The van der Waals surface area contributed by atoms with Crippen molar-refractivity contribution in [2.24, 2.45) is 0 Å². The lowest BCUT2D eigenvalue weighted by atomic mass is 10.0. The number of alkyl halides is 3. The van der Waals surface area contributed by atoms with Crippen molar-refractivity contribution in [3.63, 3.8) is 0 Å². The number of halogens is 4. The molecular weight excluding hydrogens is 376 g/mol. The molecule has 0 atom stereocenters. The number of rotatable bonds is 3. The Morgan fingerprint density at radius 3 is 2.75 bits per heavy atom. The molecule has 9 heteroatoms. The quantitative estimate of drug-likeness (QED) is 0.698. The van der Waals surface area contributed by atoms with Crippen LogP contribution in [0.4, 0.5) is 17.6 Å². The molecule has 28 heavy (non-hydrogen) atoms. The van der Waals surface area contributed by atoms with E-state index in [1.807, 2.05) is 0 Å². The number of carbonyl (C=O) groups excluding carboxylic acids is 1. The monoisotopic (exact) mass is 390 g/mol. The van der Waals surface area contributed by atoms with Gasteiger partial charge in [-0.15, -0.1) is 0 Å². The number of carbonyl (C=O) groups is 1. The zero-order valence-corrected chi connectivity index (χ0v) is 14.4. The number of nitrogens with one attached hydrogen (secondary N) is 1. The van der Waals surface area contributed by atoms with Gasteiger partial charge >= 0.3 is 6.18 Å². The number of amides is 1. The van der Waals surface area contributed by atoms with Gasteiger partial charge in [0.1, 0.15) is 5.82 Å². The first-order valence-corrected chi connectivity index (χ1v) is 8.48. The minimum atomic E-state index is -4.62. The number of benzene rings is 1. The average molecular weight is 390 g/mol. The summed E-state index contributed by atoms with van der Waals surface area (Å²) < 4.78 is 53.9. The molecule has 1 N–H and O–H groups in total. The van der Waals surface area contributed by atoms with Crippen molar-refractivity contribution in [2.75, 3.05) is 6.54 Å². The predicted octanol–water partition coefficient (Wildman–Crippen LogP) is 3.30. The van der Waals surface area contributed by atoms with Gasteiger partial charge in [-0.3, -0.25) is 4.79 Å². The molecule has 1 aromatic carbocycles. The largest absolute Gasteiger partial charge is 0.416 e. The van der Waals surface area contributed by atoms with Gasteiger partial charge in [0.25, 0.3) is 5.91 Å². The molecule has 0 fully saturated rings. The summed E-state index contributed by atoms with van der Waals surface area (Å²) in [5.74, 6) is -0.699. The van der Waals surface area contributed by atoms with E-state index in [0.717, 1.165) is 17.8 Å². The zero-order valence-electron chi connectivity index (χ0n) is 14.4. The summed E-state index contributed by atoms with van der Waals surface area (Å²) in [5, 5.41) is 6.94. The Balaban J connectivity index is 1.66. The minimum absolute atomic E-state index is 0.0975. The van der Waals surface area contributed by atoms with E-state index in [1.54, 1.807) is 16.8 Å². The topological polar surface area (TPSA) is 59.8 Å². The van der Waals surface area contributed by atoms with Crippen molar-refractivity contribution in [2.45, 2.75) is 19.0 Å². The summed E-state index contributed by atoms with van der Waals surface area (Å²) in [6.07, 6.45) is -0.965. The molecule has 1 aliphatic heterocycles. The Kier molecular flexibility index (Phi) is 4.37. The van der Waals surface area contributed by atoms with Gasteiger partial charge in [-0.1, -0.05) is 0 Å². The fourth-order valence-electron chi connectivity index (χ4n) is 3.23. The van der Waals surface area contributed by atoms with E-state index in [0.29, 0.717) is 36.0 Å². The van der Waals surface area contributed by atoms with Crippen molar-refractivity contribution in [3.8, 4) is 5.82 Å². The summed E-state index contributed by atoms with van der Waals surface area (Å²) in [7, 11) is 0. The number of fused-ring (bicyclic) bond motifs is 1. The minimum Gasteiger partial charge on any atom is -0.352 e. The molecule has 0 spiro atoms. The molecule has 1 amide bonds. The van der Waals surface area contributed by atoms with E-state index in [1.165, 1.54) is 12.4 Å². The fraction of sp³-hybridized carbons (Fsp3) is 0.211. The van der Waals surface area contributed by atoms with Crippen molar-refractivity contribution in [1.82, 2.24) is 20.1 Å². The molecule has 0 radical (unpaired) electrons. The first-order valence-electron chi connectivity index (χ1n) is 8.48. The lowest BCUT2D eigenvalue weighted by molar-refractivity contribution is -0.137. The number of hydrogen-bond acceptors (Lipinski definition) is 3. The van der Waals surface area contributed by atoms with E-state index in [2.05, 4.69) is 15.4 Å². The van der Waals surface area contributed by atoms with Gasteiger partial charge in [-0.25, -0.2) is 14.1 Å². The summed E-state index contributed by atoms with van der Waals surface area (Å²) >= 11 is 0. The van der Waals surface area contributed by atoms with Crippen molar-refractivity contribution >= 4 is 5.91 Å². The van der Waals surface area contributed by atoms with Crippen LogP contribution in [0.15, 0.2) is 42.7 Å². The van der Waals surface area contributed by atoms with E-state index in [9.17, 15) is 22.4 Å². The first-order chi connectivity index (χ1) is 13.3. The second-order valence-electron chi connectivity index (χ2n) is 6.47. The van der Waals surface area contributed by atoms with E-state index >= 15 is 0 Å². The third-order valence-corrected chi connectivity index (χ3v) is 4.48. The van der Waals surface area contributed by atoms with Crippen molar-refractivity contribution in [3.05, 3.63) is 76.5 Å². The summed E-state index contributed by atoms with van der Waals surface area (Å²) in [6.45, 7) is 0.487. The molecule has 2 aromatic heterocycles. The van der Waals surface area contributed by atoms with Gasteiger partial charge in [0.15, 0.2) is 5.82 Å². The lowest BCUT2D eigenvalue weighted by Gasteiger charge is -2.14. The first kappa shape index (κ1) is 18.1. The fourth-order valence-corrected chi connectivity index (χ4v) is 3.23. The molecule has 4 rings (SSSR count). The maximum atomic E-state index is 13.6. The van der Waals surface area contributed by atoms with E-state index in [4.69, 9.17) is 0 Å². The Bertz CT molecular complexity index is 1060. The van der Waals surface area contributed by atoms with Crippen LogP contribution in [0, 0.1) is 5.82 Å². The Hall–Kier alpha value is -3.23. The van der Waals surface area contributed by atoms with Gasteiger partial charge < -0.3 is 5.32 Å². The molecule has 0 saturated carbocycles. The number of aromatic nitrogens is 3. The van der Waals surface area contributed by atoms with Crippen molar-refractivity contribution < 1.29 is 22.4 Å². The average Bonchev–Trinajstić information content (AvgIpc) is 3.06. The van der Waals surface area contributed by atoms with Crippen LogP contribution in [0.25, 0.3) is 5.82 Å². The molecular formula is C19H14F4N4O. The van der Waals surface area contributed by atoms with Gasteiger partial charge in [0.05, 0.1) is 23.0 Å². The van der Waals surface area contributed by atoms with Gasteiger partial charge in [0.2, 0.25) is 0 Å². The van der Waals surface area contributed by atoms with Gasteiger partial charge in [0, 0.05) is 19.2 Å². The van der Waals surface area contributed by atoms with Crippen LogP contribution in [0.3, 0.4) is 0 Å². The number of pyridine rings is 1. The van der Waals surface area contributed by atoms with E-state index < -0.39 is 17.6 Å².